The summed E-state index contributed by atoms with van der Waals surface area (Å²) >= 11 is 0. The molecule has 2 atom stereocenters. The molecule has 0 radical (unpaired) electrons. The highest BCUT2D eigenvalue weighted by Crippen LogP contribution is 2.27. The monoisotopic (exact) mass is 211 g/mol. The molecule has 0 bridgehead atoms. The van der Waals surface area contributed by atoms with Gasteiger partial charge in [0.05, 0.1) is 6.54 Å². The van der Waals surface area contributed by atoms with E-state index < -0.39 is 0 Å². The highest BCUT2D eigenvalue weighted by molar-refractivity contribution is 5.85. The Kier molecular flexibility index (Phi) is 3.93. The third-order valence-electron chi connectivity index (χ3n) is 3.59. The number of hydrogen-bond acceptors (Lipinski definition) is 2. The molecule has 0 saturated carbocycles. The lowest BCUT2D eigenvalue weighted by Gasteiger charge is -2.29. The maximum Gasteiger partial charge on any atom is 0.152 e. The van der Waals surface area contributed by atoms with Crippen molar-refractivity contribution < 1.29 is 4.79 Å². The maximum atomic E-state index is 12.0. The molecular weight excluding hydrogens is 186 g/mol. The predicted octanol–water partition coefficient (Wildman–Crippen LogP) is 2.86. The fraction of sp³-hybridized carbons (Fsp3) is 0.923. The van der Waals surface area contributed by atoms with Crippen LogP contribution in [0.4, 0.5) is 0 Å². The number of ketones is 1. The van der Waals surface area contributed by atoms with Crippen LogP contribution in [0.2, 0.25) is 0 Å². The van der Waals surface area contributed by atoms with Crippen LogP contribution in [0.15, 0.2) is 0 Å². The minimum Gasteiger partial charge on any atom is -0.298 e. The topological polar surface area (TPSA) is 20.3 Å². The summed E-state index contributed by atoms with van der Waals surface area (Å²) in [7, 11) is 0. The molecule has 0 N–H and O–H groups in total. The van der Waals surface area contributed by atoms with Crippen molar-refractivity contribution in [1.82, 2.24) is 4.90 Å². The number of carbonyl (C=O) groups excluding carboxylic acids is 1. The van der Waals surface area contributed by atoms with Gasteiger partial charge in [-0.25, -0.2) is 0 Å². The van der Waals surface area contributed by atoms with Crippen LogP contribution >= 0.6 is 0 Å². The number of hydrogen-bond donors (Lipinski definition) is 0. The van der Waals surface area contributed by atoms with E-state index in [2.05, 4.69) is 18.7 Å². The molecule has 88 valence electrons. The van der Waals surface area contributed by atoms with Crippen molar-refractivity contribution in [2.75, 3.05) is 6.54 Å². The molecule has 0 amide bonds. The van der Waals surface area contributed by atoms with E-state index in [9.17, 15) is 4.79 Å². The minimum absolute atomic E-state index is 0.194. The fourth-order valence-corrected chi connectivity index (χ4v) is 2.25. The highest BCUT2D eigenvalue weighted by atomic mass is 16.1. The summed E-state index contributed by atoms with van der Waals surface area (Å²) in [6, 6.07) is 1.22. The zero-order valence-corrected chi connectivity index (χ0v) is 10.8. The van der Waals surface area contributed by atoms with E-state index in [0.717, 1.165) is 0 Å². The molecule has 0 aliphatic carbocycles. The van der Waals surface area contributed by atoms with E-state index in [1.54, 1.807) is 0 Å². The Labute approximate surface area is 94.0 Å². The number of rotatable bonds is 3. The molecule has 1 saturated heterocycles. The number of Topliss-reactive ketones (excluding diaryl/α,β-unsaturated/α-hetero) is 1. The fourth-order valence-electron chi connectivity index (χ4n) is 2.25. The van der Waals surface area contributed by atoms with Crippen LogP contribution < -0.4 is 0 Å². The molecule has 1 heterocycles. The molecule has 15 heavy (non-hydrogen) atoms. The van der Waals surface area contributed by atoms with Gasteiger partial charge in [0.2, 0.25) is 0 Å². The predicted molar refractivity (Wildman–Crippen MR) is 63.9 cm³/mol. The lowest BCUT2D eigenvalue weighted by molar-refractivity contribution is -0.128. The van der Waals surface area contributed by atoms with E-state index >= 15 is 0 Å². The third kappa shape index (κ3) is 3.04. The van der Waals surface area contributed by atoms with Crippen LogP contribution in [0.1, 0.15) is 53.9 Å². The molecule has 2 unspecified atom stereocenters. The van der Waals surface area contributed by atoms with Gasteiger partial charge in [0.25, 0.3) is 0 Å². The Balaban J connectivity index is 2.60. The molecule has 2 heteroatoms. The van der Waals surface area contributed by atoms with E-state index in [1.165, 1.54) is 19.3 Å². The highest BCUT2D eigenvalue weighted by Gasteiger charge is 2.33. The van der Waals surface area contributed by atoms with Gasteiger partial charge in [-0.05, 0) is 26.2 Å². The summed E-state index contributed by atoms with van der Waals surface area (Å²) in [5, 5.41) is 0. The Morgan fingerprint density at radius 3 is 2.40 bits per heavy atom. The molecule has 0 aromatic rings. The summed E-state index contributed by atoms with van der Waals surface area (Å²) < 4.78 is 0. The standard InChI is InChI=1S/C13H25NO/c1-6-11-8-7-10(2)14(11)9-12(15)13(3,4)5/h10-11H,6-9H2,1-5H3. The van der Waals surface area contributed by atoms with Gasteiger partial charge in [-0.2, -0.15) is 0 Å². The Hall–Kier alpha value is -0.370. The summed E-state index contributed by atoms with van der Waals surface area (Å²) in [6.07, 6.45) is 3.67. The zero-order chi connectivity index (χ0) is 11.6. The van der Waals surface area contributed by atoms with Crippen molar-refractivity contribution in [3.63, 3.8) is 0 Å². The lowest BCUT2D eigenvalue weighted by atomic mass is 9.90. The lowest BCUT2D eigenvalue weighted by Crippen LogP contribution is -2.41. The summed E-state index contributed by atoms with van der Waals surface area (Å²) in [5.41, 5.74) is -0.194. The second-order valence-corrected chi connectivity index (χ2v) is 5.83. The quantitative estimate of drug-likeness (QED) is 0.715. The molecule has 1 aliphatic rings. The van der Waals surface area contributed by atoms with Crippen LogP contribution in [0.3, 0.4) is 0 Å². The van der Waals surface area contributed by atoms with Crippen LogP contribution in [0.5, 0.6) is 0 Å². The van der Waals surface area contributed by atoms with Crippen molar-refractivity contribution >= 4 is 5.78 Å². The molecule has 1 fully saturated rings. The van der Waals surface area contributed by atoms with Gasteiger partial charge in [-0.15, -0.1) is 0 Å². The van der Waals surface area contributed by atoms with Crippen molar-refractivity contribution in [3.05, 3.63) is 0 Å². The molecule has 1 rings (SSSR count). The average molecular weight is 211 g/mol. The van der Waals surface area contributed by atoms with Gasteiger partial charge in [0.1, 0.15) is 0 Å². The first-order valence-corrected chi connectivity index (χ1v) is 6.15. The molecule has 0 spiro atoms. The normalized spacial score (nSPS) is 28.3. The Morgan fingerprint density at radius 2 is 1.93 bits per heavy atom. The van der Waals surface area contributed by atoms with Crippen LogP contribution in [0, 0.1) is 5.41 Å². The first kappa shape index (κ1) is 12.7. The zero-order valence-electron chi connectivity index (χ0n) is 10.8. The van der Waals surface area contributed by atoms with E-state index in [4.69, 9.17) is 0 Å². The van der Waals surface area contributed by atoms with Gasteiger partial charge in [0, 0.05) is 17.5 Å². The van der Waals surface area contributed by atoms with E-state index in [-0.39, 0.29) is 5.41 Å². The molecule has 0 aromatic carbocycles. The van der Waals surface area contributed by atoms with Gasteiger partial charge < -0.3 is 0 Å². The Bertz CT molecular complexity index is 229. The summed E-state index contributed by atoms with van der Waals surface area (Å²) in [4.78, 5) is 14.4. The van der Waals surface area contributed by atoms with Crippen molar-refractivity contribution in [3.8, 4) is 0 Å². The van der Waals surface area contributed by atoms with Gasteiger partial charge in [-0.1, -0.05) is 27.7 Å². The van der Waals surface area contributed by atoms with Crippen LogP contribution in [0.25, 0.3) is 0 Å². The van der Waals surface area contributed by atoms with Crippen LogP contribution in [-0.2, 0) is 4.79 Å². The smallest absolute Gasteiger partial charge is 0.152 e. The molecule has 0 aromatic heterocycles. The van der Waals surface area contributed by atoms with Gasteiger partial charge in [-0.3, -0.25) is 9.69 Å². The Morgan fingerprint density at radius 1 is 1.33 bits per heavy atom. The first-order chi connectivity index (χ1) is 6.86. The molecule has 2 nitrogen and oxygen atoms in total. The maximum absolute atomic E-state index is 12.0. The average Bonchev–Trinajstić information content (AvgIpc) is 2.46. The van der Waals surface area contributed by atoms with Crippen molar-refractivity contribution in [2.24, 2.45) is 5.41 Å². The first-order valence-electron chi connectivity index (χ1n) is 6.15. The van der Waals surface area contributed by atoms with Crippen molar-refractivity contribution in [1.29, 1.82) is 0 Å². The number of likely N-dealkylation sites (tertiary alicyclic amines) is 1. The van der Waals surface area contributed by atoms with E-state index in [0.29, 0.717) is 24.4 Å². The SMILES string of the molecule is CCC1CCC(C)N1CC(=O)C(C)(C)C. The molecular formula is C13H25NO. The van der Waals surface area contributed by atoms with Gasteiger partial charge in [0.15, 0.2) is 5.78 Å². The summed E-state index contributed by atoms with van der Waals surface area (Å²) in [5.74, 6) is 0.370. The number of nitrogens with zero attached hydrogens (tertiary/aromatic N) is 1. The van der Waals surface area contributed by atoms with Crippen LogP contribution in [-0.4, -0.2) is 29.3 Å². The van der Waals surface area contributed by atoms with Gasteiger partial charge >= 0.3 is 0 Å². The summed E-state index contributed by atoms with van der Waals surface area (Å²) in [6.45, 7) is 11.1. The molecule has 1 aliphatic heterocycles. The largest absolute Gasteiger partial charge is 0.298 e. The second-order valence-electron chi connectivity index (χ2n) is 5.83. The number of carbonyl (C=O) groups is 1. The third-order valence-corrected chi connectivity index (χ3v) is 3.59. The second kappa shape index (κ2) is 4.65. The van der Waals surface area contributed by atoms with E-state index in [1.807, 2.05) is 20.8 Å². The van der Waals surface area contributed by atoms with Crippen molar-refractivity contribution in [2.45, 2.75) is 66.0 Å². The minimum atomic E-state index is -0.194.